The number of halogens is 2. The van der Waals surface area contributed by atoms with E-state index in [1.54, 1.807) is 0 Å². The van der Waals surface area contributed by atoms with E-state index in [9.17, 15) is 4.79 Å². The quantitative estimate of drug-likeness (QED) is 0.748. The van der Waals surface area contributed by atoms with Crippen molar-refractivity contribution in [2.75, 3.05) is 44.2 Å². The van der Waals surface area contributed by atoms with E-state index in [0.717, 1.165) is 26.1 Å². The third-order valence-corrected chi connectivity index (χ3v) is 7.86. The molecular weight excluding hydrogens is 377 g/mol. The molecule has 2 aliphatic carbocycles. The van der Waals surface area contributed by atoms with E-state index in [-0.39, 0.29) is 30.4 Å². The predicted molar refractivity (Wildman–Crippen MR) is 110 cm³/mol. The minimum atomic E-state index is 0. The highest BCUT2D eigenvalue weighted by Gasteiger charge is 2.57. The highest BCUT2D eigenvalue weighted by Crippen LogP contribution is 2.58. The minimum Gasteiger partial charge on any atom is -0.354 e. The lowest BCUT2D eigenvalue weighted by atomic mass is 9.91. The second-order valence-corrected chi connectivity index (χ2v) is 9.34. The van der Waals surface area contributed by atoms with Crippen LogP contribution in [0.5, 0.6) is 0 Å². The molecule has 4 fully saturated rings. The topological polar surface area (TPSA) is 44.4 Å². The normalized spacial score (nSPS) is 30.2. The van der Waals surface area contributed by atoms with Crippen molar-refractivity contribution < 1.29 is 4.79 Å². The van der Waals surface area contributed by atoms with Gasteiger partial charge < -0.3 is 10.6 Å². The van der Waals surface area contributed by atoms with Crippen LogP contribution < -0.4 is 10.6 Å². The molecule has 0 aromatic heterocycles. The average Bonchev–Trinajstić information content (AvgIpc) is 3.08. The number of hydrogen-bond acceptors (Lipinski definition) is 4. The van der Waals surface area contributed by atoms with Crippen LogP contribution in [-0.2, 0) is 4.79 Å². The fourth-order valence-corrected chi connectivity index (χ4v) is 6.15. The Morgan fingerprint density at radius 1 is 1.08 bits per heavy atom. The molecule has 2 saturated carbocycles. The monoisotopic (exact) mass is 409 g/mol. The summed E-state index contributed by atoms with van der Waals surface area (Å²) in [6, 6.07) is 0. The molecule has 2 aliphatic heterocycles. The first kappa shape index (κ1) is 21.6. The number of nitrogens with zero attached hydrogens (tertiary/aromatic N) is 1. The molecule has 2 saturated heterocycles. The van der Waals surface area contributed by atoms with Crippen LogP contribution >= 0.6 is 36.6 Å². The summed E-state index contributed by atoms with van der Waals surface area (Å²) in [5.74, 6) is 3.17. The lowest BCUT2D eigenvalue weighted by Gasteiger charge is -2.43. The Kier molecular flexibility index (Phi) is 7.79. The van der Waals surface area contributed by atoms with Crippen molar-refractivity contribution in [3.05, 3.63) is 0 Å². The minimum absolute atomic E-state index is 0. The zero-order valence-electron chi connectivity index (χ0n) is 15.1. The van der Waals surface area contributed by atoms with Gasteiger partial charge in [-0.2, -0.15) is 11.8 Å². The molecule has 1 atom stereocenters. The molecule has 25 heavy (non-hydrogen) atoms. The van der Waals surface area contributed by atoms with Crippen LogP contribution in [0.3, 0.4) is 0 Å². The zero-order valence-corrected chi connectivity index (χ0v) is 17.5. The lowest BCUT2D eigenvalue weighted by molar-refractivity contribution is -0.124. The largest absolute Gasteiger partial charge is 0.354 e. The molecule has 0 aromatic rings. The van der Waals surface area contributed by atoms with Gasteiger partial charge >= 0.3 is 0 Å². The number of piperidine rings is 1. The van der Waals surface area contributed by atoms with E-state index in [1.807, 2.05) is 0 Å². The molecular formula is C18H33Cl2N3OS. The number of nitrogens with one attached hydrogen (secondary N) is 2. The fourth-order valence-electron chi connectivity index (χ4n) is 5.25. The number of amides is 1. The second-order valence-electron chi connectivity index (χ2n) is 8.12. The van der Waals surface area contributed by atoms with Crippen LogP contribution in [0, 0.1) is 11.3 Å². The van der Waals surface area contributed by atoms with Gasteiger partial charge in [0.15, 0.2) is 0 Å². The van der Waals surface area contributed by atoms with Crippen molar-refractivity contribution in [3.8, 4) is 0 Å². The summed E-state index contributed by atoms with van der Waals surface area (Å²) in [5.41, 5.74) is 0.632. The van der Waals surface area contributed by atoms with E-state index >= 15 is 0 Å². The van der Waals surface area contributed by atoms with Gasteiger partial charge in [0.05, 0.1) is 0 Å². The predicted octanol–water partition coefficient (Wildman–Crippen LogP) is 2.70. The smallest absolute Gasteiger partial charge is 0.223 e. The summed E-state index contributed by atoms with van der Waals surface area (Å²) in [6.45, 7) is 5.50. The zero-order chi connectivity index (χ0) is 15.8. The summed E-state index contributed by atoms with van der Waals surface area (Å²) in [5, 5.41) is 6.81. The van der Waals surface area contributed by atoms with Gasteiger partial charge in [-0.3, -0.25) is 9.69 Å². The van der Waals surface area contributed by atoms with Crippen molar-refractivity contribution in [1.29, 1.82) is 0 Å². The Morgan fingerprint density at radius 2 is 1.72 bits per heavy atom. The standard InChI is InChI=1S/C18H31N3OS.2ClH/c22-16(15-13-17(15)5-7-19-8-6-17)20-14-18(3-1-2-4-18)21-9-11-23-12-10-21;;/h15,19H,1-14H2,(H,20,22);2*1H. The first-order valence-corrected chi connectivity index (χ1v) is 10.7. The molecule has 1 unspecified atom stereocenters. The van der Waals surface area contributed by atoms with Crippen LogP contribution in [-0.4, -0.2) is 60.6 Å². The molecule has 7 heteroatoms. The molecule has 0 bridgehead atoms. The van der Waals surface area contributed by atoms with Gasteiger partial charge in [0.1, 0.15) is 0 Å². The summed E-state index contributed by atoms with van der Waals surface area (Å²) >= 11 is 2.08. The van der Waals surface area contributed by atoms with E-state index < -0.39 is 0 Å². The van der Waals surface area contributed by atoms with Gasteiger partial charge in [-0.1, -0.05) is 12.8 Å². The molecule has 0 radical (unpaired) electrons. The second kappa shape index (κ2) is 9.01. The van der Waals surface area contributed by atoms with Gasteiger partial charge in [0.2, 0.25) is 5.91 Å². The van der Waals surface area contributed by atoms with Crippen molar-refractivity contribution >= 4 is 42.5 Å². The first-order chi connectivity index (χ1) is 11.2. The first-order valence-electron chi connectivity index (χ1n) is 9.56. The van der Waals surface area contributed by atoms with Crippen LogP contribution in [0.25, 0.3) is 0 Å². The van der Waals surface area contributed by atoms with Gasteiger partial charge in [0.25, 0.3) is 0 Å². The third kappa shape index (κ3) is 4.43. The van der Waals surface area contributed by atoms with Gasteiger partial charge in [-0.25, -0.2) is 0 Å². The number of carbonyl (C=O) groups excluding carboxylic acids is 1. The Labute approximate surface area is 168 Å². The number of thioether (sulfide) groups is 1. The number of rotatable bonds is 4. The molecule has 1 spiro atoms. The van der Waals surface area contributed by atoms with Crippen molar-refractivity contribution in [1.82, 2.24) is 15.5 Å². The third-order valence-electron chi connectivity index (χ3n) is 6.91. The van der Waals surface area contributed by atoms with E-state index in [2.05, 4.69) is 27.3 Å². The average molecular weight is 410 g/mol. The Hall–Kier alpha value is 0.320. The van der Waals surface area contributed by atoms with E-state index in [0.29, 0.717) is 17.2 Å². The Morgan fingerprint density at radius 3 is 2.36 bits per heavy atom. The van der Waals surface area contributed by atoms with E-state index in [4.69, 9.17) is 0 Å². The Balaban J connectivity index is 0.00000113. The van der Waals surface area contributed by atoms with Gasteiger partial charge in [0, 0.05) is 42.6 Å². The Bertz CT molecular complexity index is 448. The maximum atomic E-state index is 12.7. The van der Waals surface area contributed by atoms with Crippen LogP contribution in [0.4, 0.5) is 0 Å². The molecule has 4 nitrogen and oxygen atoms in total. The molecule has 4 aliphatic rings. The number of carbonyl (C=O) groups is 1. The molecule has 1 amide bonds. The lowest BCUT2D eigenvalue weighted by Crippen LogP contribution is -2.56. The highest BCUT2D eigenvalue weighted by atomic mass is 35.5. The number of hydrogen-bond donors (Lipinski definition) is 2. The van der Waals surface area contributed by atoms with Crippen molar-refractivity contribution in [2.24, 2.45) is 11.3 Å². The summed E-state index contributed by atoms with van der Waals surface area (Å²) in [4.78, 5) is 15.4. The van der Waals surface area contributed by atoms with Gasteiger partial charge in [-0.05, 0) is 50.6 Å². The SMILES string of the molecule is Cl.Cl.O=C(NCC1(N2CCSCC2)CCCC1)C1CC12CCNCC2. The summed E-state index contributed by atoms with van der Waals surface area (Å²) < 4.78 is 0. The molecule has 146 valence electrons. The fraction of sp³-hybridized carbons (Fsp3) is 0.944. The maximum absolute atomic E-state index is 12.7. The summed E-state index contributed by atoms with van der Waals surface area (Å²) in [7, 11) is 0. The highest BCUT2D eigenvalue weighted by molar-refractivity contribution is 7.99. The van der Waals surface area contributed by atoms with Crippen LogP contribution in [0.1, 0.15) is 44.9 Å². The molecule has 4 rings (SSSR count). The van der Waals surface area contributed by atoms with Crippen LogP contribution in [0.15, 0.2) is 0 Å². The maximum Gasteiger partial charge on any atom is 0.223 e. The molecule has 2 N–H and O–H groups in total. The van der Waals surface area contributed by atoms with Gasteiger partial charge in [-0.15, -0.1) is 24.8 Å². The van der Waals surface area contributed by atoms with E-state index in [1.165, 1.54) is 63.1 Å². The van der Waals surface area contributed by atoms with Crippen molar-refractivity contribution in [2.45, 2.75) is 50.5 Å². The summed E-state index contributed by atoms with van der Waals surface area (Å²) in [6.07, 6.45) is 8.74. The van der Waals surface area contributed by atoms with Crippen LogP contribution in [0.2, 0.25) is 0 Å². The molecule has 0 aromatic carbocycles. The van der Waals surface area contributed by atoms with Crippen molar-refractivity contribution in [3.63, 3.8) is 0 Å². The molecule has 2 heterocycles.